The maximum Gasteiger partial charge on any atom is 0.242 e. The quantitative estimate of drug-likeness (QED) is 0.882. The Morgan fingerprint density at radius 3 is 2.87 bits per heavy atom. The Morgan fingerprint density at radius 2 is 2.26 bits per heavy atom. The van der Waals surface area contributed by atoms with Gasteiger partial charge in [-0.3, -0.25) is 4.79 Å². The summed E-state index contributed by atoms with van der Waals surface area (Å²) in [5.74, 6) is 1.04. The van der Waals surface area contributed by atoms with Gasteiger partial charge in [0.05, 0.1) is 11.7 Å². The number of hydrogen-bond acceptors (Lipinski definition) is 4. The number of carbonyl (C=O) groups is 1. The van der Waals surface area contributed by atoms with Crippen LogP contribution in [0.4, 0.5) is 5.82 Å². The topological polar surface area (TPSA) is 72.9 Å². The summed E-state index contributed by atoms with van der Waals surface area (Å²) < 4.78 is 1.57. The van der Waals surface area contributed by atoms with Gasteiger partial charge < -0.3 is 11.1 Å². The van der Waals surface area contributed by atoms with Crippen molar-refractivity contribution in [1.82, 2.24) is 15.1 Å². The summed E-state index contributed by atoms with van der Waals surface area (Å²) in [5, 5.41) is 9.57. The van der Waals surface area contributed by atoms with Gasteiger partial charge in [0, 0.05) is 10.9 Å². The maximum atomic E-state index is 12.5. The molecule has 1 saturated carbocycles. The molecule has 2 aromatic heterocycles. The van der Waals surface area contributed by atoms with Gasteiger partial charge in [-0.2, -0.15) is 5.10 Å². The second-order valence-corrected chi connectivity index (χ2v) is 7.31. The Balaban J connectivity index is 1.70. The lowest BCUT2D eigenvalue weighted by Gasteiger charge is -2.30. The summed E-state index contributed by atoms with van der Waals surface area (Å²) in [6.07, 6.45) is 6.20. The van der Waals surface area contributed by atoms with Gasteiger partial charge in [-0.25, -0.2) is 4.68 Å². The molecule has 0 bridgehead atoms. The zero-order chi connectivity index (χ0) is 16.2. The zero-order valence-electron chi connectivity index (χ0n) is 13.5. The zero-order valence-corrected chi connectivity index (χ0v) is 14.3. The Bertz CT molecular complexity index is 644. The van der Waals surface area contributed by atoms with Crippen molar-refractivity contribution in [3.05, 3.63) is 34.2 Å². The Kier molecular flexibility index (Phi) is 5.00. The minimum absolute atomic E-state index is 0.0243. The normalized spacial score (nSPS) is 17.1. The van der Waals surface area contributed by atoms with Crippen molar-refractivity contribution in [1.29, 1.82) is 0 Å². The molecule has 1 aliphatic rings. The highest BCUT2D eigenvalue weighted by Gasteiger charge is 2.27. The second-order valence-electron chi connectivity index (χ2n) is 6.33. The number of anilines is 1. The highest BCUT2D eigenvalue weighted by Crippen LogP contribution is 2.36. The van der Waals surface area contributed by atoms with E-state index < -0.39 is 0 Å². The van der Waals surface area contributed by atoms with E-state index in [1.165, 1.54) is 37.0 Å². The Morgan fingerprint density at radius 1 is 1.48 bits per heavy atom. The molecule has 0 aliphatic heterocycles. The number of nitrogen functional groups attached to an aromatic ring is 1. The second kappa shape index (κ2) is 7.17. The lowest BCUT2D eigenvalue weighted by molar-refractivity contribution is -0.123. The molecule has 0 saturated heterocycles. The first-order chi connectivity index (χ1) is 11.1. The van der Waals surface area contributed by atoms with Crippen LogP contribution in [0.3, 0.4) is 0 Å². The van der Waals surface area contributed by atoms with Crippen LogP contribution in [0.15, 0.2) is 23.6 Å². The van der Waals surface area contributed by atoms with E-state index in [0.717, 1.165) is 5.69 Å². The lowest BCUT2D eigenvalue weighted by Crippen LogP contribution is -2.36. The van der Waals surface area contributed by atoms with Crippen LogP contribution in [-0.2, 0) is 11.3 Å². The summed E-state index contributed by atoms with van der Waals surface area (Å²) in [5.41, 5.74) is 6.71. The van der Waals surface area contributed by atoms with Crippen LogP contribution < -0.4 is 11.1 Å². The third-order valence-electron chi connectivity index (χ3n) is 4.51. The number of nitrogens with one attached hydrogen (secondary N) is 1. The Labute approximate surface area is 140 Å². The van der Waals surface area contributed by atoms with E-state index in [-0.39, 0.29) is 18.5 Å². The van der Waals surface area contributed by atoms with E-state index in [0.29, 0.717) is 11.7 Å². The fraction of sp³-hybridized carbons (Fsp3) is 0.529. The molecule has 6 heteroatoms. The van der Waals surface area contributed by atoms with Crippen molar-refractivity contribution in [3.63, 3.8) is 0 Å². The van der Waals surface area contributed by atoms with Gasteiger partial charge in [0.15, 0.2) is 0 Å². The molecule has 2 heterocycles. The van der Waals surface area contributed by atoms with Gasteiger partial charge in [0.2, 0.25) is 5.91 Å². The molecular formula is C17H24N4OS. The minimum atomic E-state index is -0.0243. The van der Waals surface area contributed by atoms with Gasteiger partial charge in [0.1, 0.15) is 12.4 Å². The number of thiophene rings is 1. The Hall–Kier alpha value is -1.82. The number of hydrogen-bond donors (Lipinski definition) is 2. The average Bonchev–Trinajstić information content (AvgIpc) is 3.16. The van der Waals surface area contributed by atoms with Crippen LogP contribution in [-0.4, -0.2) is 15.7 Å². The fourth-order valence-corrected chi connectivity index (χ4v) is 4.27. The van der Waals surface area contributed by atoms with Crippen molar-refractivity contribution in [2.45, 2.75) is 51.6 Å². The van der Waals surface area contributed by atoms with Crippen LogP contribution in [0.2, 0.25) is 0 Å². The largest absolute Gasteiger partial charge is 0.384 e. The highest BCUT2D eigenvalue weighted by molar-refractivity contribution is 7.10. The molecule has 124 valence electrons. The molecule has 0 aromatic carbocycles. The molecule has 1 atom stereocenters. The van der Waals surface area contributed by atoms with Crippen LogP contribution in [0.25, 0.3) is 0 Å². The highest BCUT2D eigenvalue weighted by atomic mass is 32.1. The van der Waals surface area contributed by atoms with Crippen LogP contribution in [0.5, 0.6) is 0 Å². The van der Waals surface area contributed by atoms with Gasteiger partial charge in [-0.15, -0.1) is 11.3 Å². The predicted molar refractivity (Wildman–Crippen MR) is 93.2 cm³/mol. The average molecular weight is 332 g/mol. The summed E-state index contributed by atoms with van der Waals surface area (Å²) >= 11 is 1.72. The number of nitrogens with two attached hydrogens (primary N) is 1. The summed E-state index contributed by atoms with van der Waals surface area (Å²) in [6.45, 7) is 2.05. The summed E-state index contributed by atoms with van der Waals surface area (Å²) in [4.78, 5) is 13.7. The first-order valence-corrected chi connectivity index (χ1v) is 9.14. The molecule has 2 aromatic rings. The van der Waals surface area contributed by atoms with Gasteiger partial charge >= 0.3 is 0 Å². The molecule has 0 radical (unpaired) electrons. The minimum Gasteiger partial charge on any atom is -0.384 e. The molecule has 1 aliphatic carbocycles. The van der Waals surface area contributed by atoms with Crippen LogP contribution in [0.1, 0.15) is 48.7 Å². The van der Waals surface area contributed by atoms with E-state index >= 15 is 0 Å². The molecule has 3 rings (SSSR count). The lowest BCUT2D eigenvalue weighted by atomic mass is 9.83. The van der Waals surface area contributed by atoms with Crippen molar-refractivity contribution in [3.8, 4) is 0 Å². The van der Waals surface area contributed by atoms with Gasteiger partial charge in [0.25, 0.3) is 0 Å². The number of nitrogens with zero attached hydrogens (tertiary/aromatic N) is 2. The first kappa shape index (κ1) is 16.1. The SMILES string of the molecule is Cc1cc(N)n(CC(=O)NC(c2cccs2)C2CCCCC2)n1. The first-order valence-electron chi connectivity index (χ1n) is 8.26. The van der Waals surface area contributed by atoms with Gasteiger partial charge in [-0.05, 0) is 37.1 Å². The van der Waals surface area contributed by atoms with Crippen LogP contribution >= 0.6 is 11.3 Å². The van der Waals surface area contributed by atoms with Crippen molar-refractivity contribution in [2.24, 2.45) is 5.92 Å². The number of amides is 1. The molecule has 0 spiro atoms. The molecule has 1 fully saturated rings. The third kappa shape index (κ3) is 3.93. The van der Waals surface area contributed by atoms with E-state index in [1.54, 1.807) is 22.1 Å². The smallest absolute Gasteiger partial charge is 0.242 e. The molecule has 1 unspecified atom stereocenters. The van der Waals surface area contributed by atoms with E-state index in [2.05, 4.69) is 27.9 Å². The van der Waals surface area contributed by atoms with Crippen molar-refractivity contribution >= 4 is 23.1 Å². The number of aryl methyl sites for hydroxylation is 1. The summed E-state index contributed by atoms with van der Waals surface area (Å²) in [6, 6.07) is 6.07. The van der Waals surface area contributed by atoms with Crippen molar-refractivity contribution < 1.29 is 4.79 Å². The third-order valence-corrected chi connectivity index (χ3v) is 5.47. The number of aromatic nitrogens is 2. The van der Waals surface area contributed by atoms with Crippen molar-refractivity contribution in [2.75, 3.05) is 5.73 Å². The number of rotatable bonds is 5. The van der Waals surface area contributed by atoms with E-state index in [9.17, 15) is 4.79 Å². The number of carbonyl (C=O) groups excluding carboxylic acids is 1. The molecule has 1 amide bonds. The molecule has 23 heavy (non-hydrogen) atoms. The fourth-order valence-electron chi connectivity index (χ4n) is 3.40. The standard InChI is InChI=1S/C17H24N4OS/c1-12-10-15(18)21(20-12)11-16(22)19-17(14-8-5-9-23-14)13-6-3-2-4-7-13/h5,8-10,13,17H,2-4,6-7,11,18H2,1H3,(H,19,22). The van der Waals surface area contributed by atoms with Gasteiger partial charge in [-0.1, -0.05) is 25.3 Å². The summed E-state index contributed by atoms with van der Waals surface area (Å²) in [7, 11) is 0. The molecular weight excluding hydrogens is 308 g/mol. The van der Waals surface area contributed by atoms with E-state index in [1.807, 2.05) is 6.92 Å². The van der Waals surface area contributed by atoms with E-state index in [4.69, 9.17) is 5.73 Å². The molecule has 5 nitrogen and oxygen atoms in total. The molecule has 3 N–H and O–H groups in total. The van der Waals surface area contributed by atoms with Crippen LogP contribution in [0, 0.1) is 12.8 Å². The predicted octanol–water partition coefficient (Wildman–Crippen LogP) is 3.27. The maximum absolute atomic E-state index is 12.5. The monoisotopic (exact) mass is 332 g/mol.